The Morgan fingerprint density at radius 1 is 1.00 bits per heavy atom. The minimum absolute atomic E-state index is 0.00931. The third-order valence-corrected chi connectivity index (χ3v) is 3.17. The molecular formula is C18H19NO. The lowest BCUT2D eigenvalue weighted by Crippen LogP contribution is -2.12. The molecule has 0 amide bonds. The molecule has 0 unspecified atom stereocenters. The summed E-state index contributed by atoms with van der Waals surface area (Å²) in [5.74, 6) is 1.42. The fourth-order valence-corrected chi connectivity index (χ4v) is 2.10. The second-order valence-corrected chi connectivity index (χ2v) is 5.96. The van der Waals surface area contributed by atoms with Crippen LogP contribution in [-0.2, 0) is 5.41 Å². The van der Waals surface area contributed by atoms with E-state index in [-0.39, 0.29) is 5.41 Å². The highest BCUT2D eigenvalue weighted by atomic mass is 16.5. The smallest absolute Gasteiger partial charge is 0.145 e. The summed E-state index contributed by atoms with van der Waals surface area (Å²) in [7, 11) is 0. The molecule has 0 saturated carbocycles. The van der Waals surface area contributed by atoms with Crippen LogP contribution in [0.3, 0.4) is 0 Å². The van der Waals surface area contributed by atoms with E-state index < -0.39 is 0 Å². The molecule has 2 heteroatoms. The van der Waals surface area contributed by atoms with Crippen molar-refractivity contribution in [2.75, 3.05) is 0 Å². The predicted molar refractivity (Wildman–Crippen MR) is 81.1 cm³/mol. The molecule has 0 aromatic heterocycles. The van der Waals surface area contributed by atoms with Crippen molar-refractivity contribution in [2.45, 2.75) is 33.1 Å². The first-order valence-corrected chi connectivity index (χ1v) is 6.70. The van der Waals surface area contributed by atoms with Crippen LogP contribution in [0.25, 0.3) is 0 Å². The van der Waals surface area contributed by atoms with E-state index in [0.717, 1.165) is 16.9 Å². The van der Waals surface area contributed by atoms with Crippen LogP contribution in [-0.4, -0.2) is 0 Å². The second-order valence-electron chi connectivity index (χ2n) is 5.96. The maximum Gasteiger partial charge on any atom is 0.145 e. The number of hydrogen-bond donors (Lipinski definition) is 0. The van der Waals surface area contributed by atoms with E-state index in [1.807, 2.05) is 31.2 Å². The SMILES string of the molecule is Cc1ccc(C(C)(C)C)c(Oc2ccccc2C#N)c1. The first kappa shape index (κ1) is 14.1. The van der Waals surface area contributed by atoms with Crippen molar-refractivity contribution in [3.63, 3.8) is 0 Å². The summed E-state index contributed by atoms with van der Waals surface area (Å²) in [6.45, 7) is 8.50. The molecule has 2 rings (SSSR count). The quantitative estimate of drug-likeness (QED) is 0.769. The Labute approximate surface area is 120 Å². The molecule has 0 aliphatic carbocycles. The summed E-state index contributed by atoms with van der Waals surface area (Å²) in [5.41, 5.74) is 2.82. The molecule has 2 nitrogen and oxygen atoms in total. The van der Waals surface area contributed by atoms with Gasteiger partial charge in [-0.2, -0.15) is 5.26 Å². The van der Waals surface area contributed by atoms with Crippen LogP contribution in [0.1, 0.15) is 37.5 Å². The van der Waals surface area contributed by atoms with E-state index in [1.165, 1.54) is 0 Å². The second kappa shape index (κ2) is 5.38. The Hall–Kier alpha value is -2.27. The van der Waals surface area contributed by atoms with Crippen molar-refractivity contribution in [1.29, 1.82) is 5.26 Å². The fourth-order valence-electron chi connectivity index (χ4n) is 2.10. The lowest BCUT2D eigenvalue weighted by atomic mass is 9.86. The molecule has 0 bridgehead atoms. The monoisotopic (exact) mass is 265 g/mol. The molecule has 0 radical (unpaired) electrons. The van der Waals surface area contributed by atoms with Gasteiger partial charge in [-0.15, -0.1) is 0 Å². The zero-order valence-corrected chi connectivity index (χ0v) is 12.4. The number of nitrogens with zero attached hydrogens (tertiary/aromatic N) is 1. The number of nitriles is 1. The van der Waals surface area contributed by atoms with Crippen LogP contribution in [0.2, 0.25) is 0 Å². The number of para-hydroxylation sites is 1. The highest BCUT2D eigenvalue weighted by Gasteiger charge is 2.19. The average Bonchev–Trinajstić information content (AvgIpc) is 2.38. The Balaban J connectivity index is 2.48. The van der Waals surface area contributed by atoms with Crippen molar-refractivity contribution in [3.8, 4) is 17.6 Å². The Bertz CT molecular complexity index is 660. The Morgan fingerprint density at radius 2 is 1.70 bits per heavy atom. The molecule has 0 saturated heterocycles. The Morgan fingerprint density at radius 3 is 2.35 bits per heavy atom. The molecular weight excluding hydrogens is 246 g/mol. The summed E-state index contributed by atoms with van der Waals surface area (Å²) >= 11 is 0. The van der Waals surface area contributed by atoms with E-state index in [9.17, 15) is 0 Å². The summed E-state index contributed by atoms with van der Waals surface area (Å²) in [6.07, 6.45) is 0. The van der Waals surface area contributed by atoms with Gasteiger partial charge in [-0.3, -0.25) is 0 Å². The van der Waals surface area contributed by atoms with Crippen LogP contribution >= 0.6 is 0 Å². The van der Waals surface area contributed by atoms with Gasteiger partial charge in [-0.1, -0.05) is 45.0 Å². The minimum atomic E-state index is -0.00931. The highest BCUT2D eigenvalue weighted by Crippen LogP contribution is 2.35. The molecule has 102 valence electrons. The summed E-state index contributed by atoms with van der Waals surface area (Å²) in [5, 5.41) is 9.15. The minimum Gasteiger partial charge on any atom is -0.456 e. The number of rotatable bonds is 2. The molecule has 2 aromatic carbocycles. The van der Waals surface area contributed by atoms with E-state index >= 15 is 0 Å². The molecule has 0 atom stereocenters. The van der Waals surface area contributed by atoms with Crippen molar-refractivity contribution in [1.82, 2.24) is 0 Å². The van der Waals surface area contributed by atoms with Crippen LogP contribution in [0.15, 0.2) is 42.5 Å². The lowest BCUT2D eigenvalue weighted by molar-refractivity contribution is 0.454. The molecule has 0 heterocycles. The molecule has 0 aliphatic heterocycles. The maximum atomic E-state index is 9.15. The zero-order valence-electron chi connectivity index (χ0n) is 12.4. The van der Waals surface area contributed by atoms with E-state index in [1.54, 1.807) is 6.07 Å². The van der Waals surface area contributed by atoms with Gasteiger partial charge in [0.1, 0.15) is 17.6 Å². The van der Waals surface area contributed by atoms with Gasteiger partial charge in [0.15, 0.2) is 0 Å². The summed E-state index contributed by atoms with van der Waals surface area (Å²) < 4.78 is 6.02. The Kier molecular flexibility index (Phi) is 3.81. The molecule has 0 spiro atoms. The largest absolute Gasteiger partial charge is 0.456 e. The van der Waals surface area contributed by atoms with Crippen LogP contribution in [0.4, 0.5) is 0 Å². The number of hydrogen-bond acceptors (Lipinski definition) is 2. The molecule has 0 N–H and O–H groups in total. The first-order valence-electron chi connectivity index (χ1n) is 6.70. The average molecular weight is 265 g/mol. The van der Waals surface area contributed by atoms with Crippen molar-refractivity contribution in [2.24, 2.45) is 0 Å². The topological polar surface area (TPSA) is 33.0 Å². The van der Waals surface area contributed by atoms with Crippen molar-refractivity contribution >= 4 is 0 Å². The number of aryl methyl sites for hydroxylation is 1. The van der Waals surface area contributed by atoms with Gasteiger partial charge in [0.2, 0.25) is 0 Å². The van der Waals surface area contributed by atoms with Crippen molar-refractivity contribution in [3.05, 3.63) is 59.2 Å². The molecule has 0 aliphatic rings. The first-order chi connectivity index (χ1) is 9.41. The van der Waals surface area contributed by atoms with Gasteiger partial charge in [-0.25, -0.2) is 0 Å². The number of ether oxygens (including phenoxy) is 1. The summed E-state index contributed by atoms with van der Waals surface area (Å²) in [6, 6.07) is 15.7. The maximum absolute atomic E-state index is 9.15. The van der Waals surface area contributed by atoms with Crippen molar-refractivity contribution < 1.29 is 4.74 Å². The summed E-state index contributed by atoms with van der Waals surface area (Å²) in [4.78, 5) is 0. The van der Waals surface area contributed by atoms with Crippen LogP contribution < -0.4 is 4.74 Å². The van der Waals surface area contributed by atoms with Crippen LogP contribution in [0, 0.1) is 18.3 Å². The van der Waals surface area contributed by atoms with Gasteiger partial charge in [0.25, 0.3) is 0 Å². The lowest BCUT2D eigenvalue weighted by Gasteiger charge is -2.23. The third kappa shape index (κ3) is 3.00. The van der Waals surface area contributed by atoms with Gasteiger partial charge < -0.3 is 4.74 Å². The van der Waals surface area contributed by atoms with E-state index in [0.29, 0.717) is 11.3 Å². The number of benzene rings is 2. The molecule has 20 heavy (non-hydrogen) atoms. The van der Waals surface area contributed by atoms with Gasteiger partial charge >= 0.3 is 0 Å². The third-order valence-electron chi connectivity index (χ3n) is 3.17. The van der Waals surface area contributed by atoms with Gasteiger partial charge in [0.05, 0.1) is 5.56 Å². The highest BCUT2D eigenvalue weighted by molar-refractivity contribution is 5.48. The van der Waals surface area contributed by atoms with Gasteiger partial charge in [-0.05, 0) is 36.1 Å². The fraction of sp³-hybridized carbons (Fsp3) is 0.278. The molecule has 2 aromatic rings. The predicted octanol–water partition coefficient (Wildman–Crippen LogP) is 4.96. The molecule has 0 fully saturated rings. The standard InChI is InChI=1S/C18H19NO/c1-13-9-10-15(18(2,3)4)17(11-13)20-16-8-6-5-7-14(16)12-19/h5-11H,1-4H3. The van der Waals surface area contributed by atoms with E-state index in [2.05, 4.69) is 39.0 Å². The zero-order chi connectivity index (χ0) is 14.8. The van der Waals surface area contributed by atoms with Gasteiger partial charge in [0, 0.05) is 5.56 Å². The van der Waals surface area contributed by atoms with Crippen LogP contribution in [0.5, 0.6) is 11.5 Å². The normalized spacial score (nSPS) is 10.9. The van der Waals surface area contributed by atoms with E-state index in [4.69, 9.17) is 10.00 Å².